The molecular formula is C18H16Cl4O2Se. The molecule has 25 heavy (non-hydrogen) atoms. The zero-order valence-electron chi connectivity index (χ0n) is 13.0. The molecule has 0 amide bonds. The van der Waals surface area contributed by atoms with E-state index in [4.69, 9.17) is 43.4 Å². The van der Waals surface area contributed by atoms with Crippen LogP contribution < -0.4 is 0 Å². The van der Waals surface area contributed by atoms with Gasteiger partial charge in [-0.25, -0.2) is 0 Å². The number of aliphatic hydroxyl groups excluding tert-OH is 2. The topological polar surface area (TPSA) is 40.5 Å². The zero-order chi connectivity index (χ0) is 18.4. The van der Waals surface area contributed by atoms with E-state index in [0.717, 1.165) is 0 Å². The van der Waals surface area contributed by atoms with Crippen LogP contribution in [0.5, 0.6) is 0 Å². The summed E-state index contributed by atoms with van der Waals surface area (Å²) in [7, 11) is 13.4. The van der Waals surface area contributed by atoms with Crippen molar-refractivity contribution in [1.29, 1.82) is 0 Å². The van der Waals surface area contributed by atoms with Crippen molar-refractivity contribution in [2.24, 2.45) is 0 Å². The van der Waals surface area contributed by atoms with Crippen LogP contribution >= 0.6 is 43.4 Å². The van der Waals surface area contributed by atoms with Crippen molar-refractivity contribution in [2.75, 3.05) is 13.2 Å². The van der Waals surface area contributed by atoms with Crippen molar-refractivity contribution in [1.82, 2.24) is 0 Å². The molecule has 0 aliphatic heterocycles. The van der Waals surface area contributed by atoms with Crippen LogP contribution in [0.3, 0.4) is 0 Å². The first-order chi connectivity index (χ1) is 11.9. The van der Waals surface area contributed by atoms with Crippen molar-refractivity contribution < 1.29 is 10.2 Å². The fraction of sp³-hybridized carbons (Fsp3) is 0.111. The molecule has 2 N–H and O–H groups in total. The Labute approximate surface area is 168 Å². The van der Waals surface area contributed by atoms with Gasteiger partial charge >= 0.3 is 169 Å². The van der Waals surface area contributed by atoms with Gasteiger partial charge in [-0.15, -0.1) is 0 Å². The summed E-state index contributed by atoms with van der Waals surface area (Å²) in [5.74, 6) is 0. The second kappa shape index (κ2) is 9.45. The van der Waals surface area contributed by atoms with E-state index in [-0.39, 0.29) is 10.1 Å². The van der Waals surface area contributed by atoms with Gasteiger partial charge in [-0.2, -0.15) is 0 Å². The zero-order valence-corrected chi connectivity index (χ0v) is 17.7. The van der Waals surface area contributed by atoms with Crippen LogP contribution in [-0.4, -0.2) is 34.4 Å². The first-order valence-corrected chi connectivity index (χ1v) is 14.2. The molecule has 0 heterocycles. The summed E-state index contributed by atoms with van der Waals surface area (Å²) in [6.07, 6.45) is 0. The second-order valence-corrected chi connectivity index (χ2v) is 15.4. The molecule has 0 spiro atoms. The van der Waals surface area contributed by atoms with Crippen LogP contribution in [0.4, 0.5) is 0 Å². The average molecular weight is 485 g/mol. The molecule has 134 valence electrons. The Balaban J connectivity index is 2.60. The number of benzene rings is 2. The van der Waals surface area contributed by atoms with Gasteiger partial charge in [0, 0.05) is 0 Å². The van der Waals surface area contributed by atoms with Gasteiger partial charge in [0.15, 0.2) is 0 Å². The number of hydrogen-bond donors (Lipinski definition) is 2. The maximum atomic E-state index is 9.87. The molecule has 0 atom stereocenters. The van der Waals surface area contributed by atoms with Crippen molar-refractivity contribution >= 4 is 64.5 Å². The minimum absolute atomic E-state index is 0.275. The van der Waals surface area contributed by atoms with Crippen molar-refractivity contribution in [3.8, 4) is 0 Å². The van der Waals surface area contributed by atoms with Crippen LogP contribution in [0.15, 0.2) is 69.6 Å². The van der Waals surface area contributed by atoms with Crippen LogP contribution in [-0.2, 0) is 0 Å². The quantitative estimate of drug-likeness (QED) is 0.548. The van der Waals surface area contributed by atoms with E-state index >= 15 is 0 Å². The average Bonchev–Trinajstić information content (AvgIpc) is 2.63. The predicted octanol–water partition coefficient (Wildman–Crippen LogP) is 5.27. The summed E-state index contributed by atoms with van der Waals surface area (Å²) in [4.78, 5) is 0. The fourth-order valence-electron chi connectivity index (χ4n) is 2.17. The summed E-state index contributed by atoms with van der Waals surface area (Å²) in [6, 6.07) is 18.2. The summed E-state index contributed by atoms with van der Waals surface area (Å²) < 4.78 is 0.594. The molecule has 0 unspecified atom stereocenters. The Morgan fingerprint density at radius 3 is 1.28 bits per heavy atom. The van der Waals surface area contributed by atoms with Crippen LogP contribution in [0, 0.1) is 0 Å². The minimum atomic E-state index is -3.73. The molecule has 7 heteroatoms. The van der Waals surface area contributed by atoms with E-state index in [0.29, 0.717) is 20.1 Å². The summed E-state index contributed by atoms with van der Waals surface area (Å²) >= 11 is 9.17. The second-order valence-electron chi connectivity index (χ2n) is 4.99. The summed E-state index contributed by atoms with van der Waals surface area (Å²) in [5.41, 5.74) is 1.37. The third-order valence-electron chi connectivity index (χ3n) is 3.45. The van der Waals surface area contributed by atoms with Crippen LogP contribution in [0.25, 0.3) is 10.1 Å². The first-order valence-electron chi connectivity index (χ1n) is 7.26. The summed E-state index contributed by atoms with van der Waals surface area (Å²) in [5, 5.41) is 20.3. The Morgan fingerprint density at radius 2 is 1.00 bits per heavy atom. The first kappa shape index (κ1) is 20.8. The van der Waals surface area contributed by atoms with Gasteiger partial charge in [-0.05, 0) is 0 Å². The van der Waals surface area contributed by atoms with Crippen molar-refractivity contribution in [2.45, 2.75) is 0 Å². The third kappa shape index (κ3) is 4.82. The van der Waals surface area contributed by atoms with Gasteiger partial charge < -0.3 is 0 Å². The number of halogens is 4. The molecule has 2 nitrogen and oxygen atoms in total. The van der Waals surface area contributed by atoms with Crippen molar-refractivity contribution in [3.63, 3.8) is 0 Å². The number of aliphatic hydroxyl groups is 2. The Kier molecular flexibility index (Phi) is 7.88. The predicted molar refractivity (Wildman–Crippen MR) is 110 cm³/mol. The number of hydrogen-bond acceptors (Lipinski definition) is 2. The molecule has 0 aliphatic rings. The van der Waals surface area contributed by atoms with Gasteiger partial charge in [0.25, 0.3) is 0 Å². The van der Waals surface area contributed by atoms with Gasteiger partial charge in [0.1, 0.15) is 0 Å². The van der Waals surface area contributed by atoms with Crippen LogP contribution in [0.2, 0.25) is 0 Å². The van der Waals surface area contributed by atoms with E-state index in [2.05, 4.69) is 0 Å². The van der Waals surface area contributed by atoms with E-state index in [1.165, 1.54) is 0 Å². The molecule has 0 aromatic heterocycles. The normalized spacial score (nSPS) is 14.6. The van der Waals surface area contributed by atoms with E-state index < -0.39 is 24.2 Å². The molecular weight excluding hydrogens is 469 g/mol. The standard InChI is InChI=1S/C18H16Cl4O2Se/c19-17(13-7-3-1-4-8-13)15(11-23)25(21,22)16(12-24)18(20)14-9-5-2-6-10-14/h1-10,23-24H,11-12H2/b17-15-,18-16+. The van der Waals surface area contributed by atoms with Crippen LogP contribution in [0.1, 0.15) is 11.1 Å². The molecule has 2 aromatic carbocycles. The van der Waals surface area contributed by atoms with Crippen molar-refractivity contribution in [3.05, 3.63) is 80.7 Å². The van der Waals surface area contributed by atoms with E-state index in [1.807, 2.05) is 36.4 Å². The van der Waals surface area contributed by atoms with Gasteiger partial charge in [0.05, 0.1) is 0 Å². The molecule has 0 fully saturated rings. The molecule has 2 rings (SSSR count). The molecule has 0 saturated heterocycles. The van der Waals surface area contributed by atoms with Gasteiger partial charge in [0.2, 0.25) is 0 Å². The molecule has 2 aromatic rings. The molecule has 0 bridgehead atoms. The van der Waals surface area contributed by atoms with E-state index in [9.17, 15) is 10.2 Å². The molecule has 0 radical (unpaired) electrons. The molecule has 0 saturated carbocycles. The Morgan fingerprint density at radius 1 is 0.680 bits per heavy atom. The monoisotopic (exact) mass is 484 g/mol. The Bertz CT molecular complexity index is 709. The van der Waals surface area contributed by atoms with E-state index in [1.54, 1.807) is 24.3 Å². The van der Waals surface area contributed by atoms with Gasteiger partial charge in [-0.1, -0.05) is 0 Å². The fourth-order valence-corrected chi connectivity index (χ4v) is 9.92. The Hall–Kier alpha value is -0.481. The maximum absolute atomic E-state index is 9.87. The SMILES string of the molecule is OC/C(=C(/Cl)c1ccccc1)[Se](Cl)(Cl)/C(CO)=C(/Cl)c1ccccc1. The van der Waals surface area contributed by atoms with Gasteiger partial charge in [-0.3, -0.25) is 0 Å². The third-order valence-corrected chi connectivity index (χ3v) is 12.7. The summed E-state index contributed by atoms with van der Waals surface area (Å²) in [6.45, 7) is -0.855. The number of rotatable bonds is 6. The molecule has 0 aliphatic carbocycles.